The Hall–Kier alpha value is -2.89. The van der Waals surface area contributed by atoms with Gasteiger partial charge in [-0.15, -0.1) is 0 Å². The predicted molar refractivity (Wildman–Crippen MR) is 111 cm³/mol. The van der Waals surface area contributed by atoms with Crippen LogP contribution in [0.3, 0.4) is 0 Å². The third kappa shape index (κ3) is 3.97. The molecule has 0 radical (unpaired) electrons. The van der Waals surface area contributed by atoms with Crippen molar-refractivity contribution in [3.63, 3.8) is 0 Å². The van der Waals surface area contributed by atoms with Gasteiger partial charge in [0.25, 0.3) is 0 Å². The van der Waals surface area contributed by atoms with Crippen molar-refractivity contribution in [2.45, 2.75) is 0 Å². The molecule has 6 nitrogen and oxygen atoms in total. The van der Waals surface area contributed by atoms with Crippen LogP contribution in [0.15, 0.2) is 79.0 Å². The molecule has 0 unspecified atom stereocenters. The quantitative estimate of drug-likeness (QED) is 0.346. The van der Waals surface area contributed by atoms with E-state index in [9.17, 15) is 19.1 Å². The summed E-state index contributed by atoms with van der Waals surface area (Å²) in [7, 11) is -4.77. The number of hydrogen-bond acceptors (Lipinski definition) is 3. The molecule has 8 heteroatoms. The molecule has 0 saturated heterocycles. The number of carbonyl (C=O) groups is 1. The molecule has 4 aromatic rings. The van der Waals surface area contributed by atoms with E-state index in [1.165, 1.54) is 6.20 Å². The van der Waals surface area contributed by atoms with Crippen LogP contribution in [0.25, 0.3) is 16.6 Å². The molecule has 0 amide bonds. The number of phosphoric acid groups is 1. The van der Waals surface area contributed by atoms with Crippen molar-refractivity contribution in [3.8, 4) is 11.4 Å². The van der Waals surface area contributed by atoms with Crippen molar-refractivity contribution >= 4 is 36.1 Å². The zero-order chi connectivity index (χ0) is 20.6. The van der Waals surface area contributed by atoms with Crippen LogP contribution < -0.4 is 4.52 Å². The molecule has 0 saturated carbocycles. The lowest BCUT2D eigenvalue weighted by Crippen LogP contribution is -2.07. The molecule has 0 aliphatic heterocycles. The minimum absolute atomic E-state index is 0.00744. The molecular weight excluding hydrogens is 413 g/mol. The van der Waals surface area contributed by atoms with Crippen LogP contribution in [0, 0.1) is 0 Å². The van der Waals surface area contributed by atoms with Crippen LogP contribution in [0.5, 0.6) is 5.75 Å². The van der Waals surface area contributed by atoms with Gasteiger partial charge in [0.2, 0.25) is 0 Å². The first-order valence-electron chi connectivity index (χ1n) is 8.58. The molecule has 3 aromatic carbocycles. The number of halogens is 1. The van der Waals surface area contributed by atoms with Crippen LogP contribution >= 0.6 is 19.4 Å². The third-order valence-corrected chi connectivity index (χ3v) is 5.06. The Morgan fingerprint density at radius 1 is 0.966 bits per heavy atom. The number of phosphoric ester groups is 1. The van der Waals surface area contributed by atoms with Crippen LogP contribution in [-0.4, -0.2) is 20.1 Å². The highest BCUT2D eigenvalue weighted by Gasteiger charge is 2.22. The van der Waals surface area contributed by atoms with E-state index < -0.39 is 7.82 Å². The molecule has 146 valence electrons. The standard InChI is InChI=1S/C21H15ClNO5P/c22-15-10-11-16-19(12-15)23(13-20(16)28-29(25,26)27)18-9-5-4-8-17(18)21(24)14-6-2-1-3-7-14/h1-13H,(H2,25,26,27). The number of aromatic nitrogens is 1. The lowest BCUT2D eigenvalue weighted by molar-refractivity contribution is 0.103. The Bertz CT molecular complexity index is 1260. The van der Waals surface area contributed by atoms with E-state index in [0.29, 0.717) is 32.7 Å². The van der Waals surface area contributed by atoms with Crippen molar-refractivity contribution in [1.29, 1.82) is 0 Å². The zero-order valence-corrected chi connectivity index (χ0v) is 16.5. The summed E-state index contributed by atoms with van der Waals surface area (Å²) < 4.78 is 17.9. The minimum atomic E-state index is -4.77. The van der Waals surface area contributed by atoms with Crippen LogP contribution in [0.1, 0.15) is 15.9 Å². The molecule has 0 aliphatic rings. The van der Waals surface area contributed by atoms with Crippen LogP contribution in [-0.2, 0) is 4.57 Å². The Morgan fingerprint density at radius 3 is 2.38 bits per heavy atom. The fourth-order valence-electron chi connectivity index (χ4n) is 3.19. The number of rotatable bonds is 5. The van der Waals surface area contributed by atoms with Gasteiger partial charge in [-0.1, -0.05) is 54.1 Å². The van der Waals surface area contributed by atoms with Gasteiger partial charge in [0.15, 0.2) is 11.5 Å². The van der Waals surface area contributed by atoms with Crippen LogP contribution in [0.4, 0.5) is 0 Å². The molecule has 0 bridgehead atoms. The maximum atomic E-state index is 13.1. The average Bonchev–Trinajstić information content (AvgIpc) is 3.03. The lowest BCUT2D eigenvalue weighted by atomic mass is 10.0. The smallest absolute Gasteiger partial charge is 0.402 e. The highest BCUT2D eigenvalue weighted by molar-refractivity contribution is 7.46. The number of hydrogen-bond donors (Lipinski definition) is 2. The van der Waals surface area contributed by atoms with Crippen molar-refractivity contribution < 1.29 is 23.7 Å². The first kappa shape index (κ1) is 19.4. The summed E-state index contributed by atoms with van der Waals surface area (Å²) in [5, 5.41) is 0.895. The van der Waals surface area contributed by atoms with E-state index in [4.69, 9.17) is 16.1 Å². The monoisotopic (exact) mass is 427 g/mol. The first-order chi connectivity index (χ1) is 13.8. The zero-order valence-electron chi connectivity index (χ0n) is 14.9. The highest BCUT2D eigenvalue weighted by atomic mass is 35.5. The minimum Gasteiger partial charge on any atom is -0.402 e. The van der Waals surface area contributed by atoms with Crippen molar-refractivity contribution in [2.24, 2.45) is 0 Å². The number of para-hydroxylation sites is 1. The van der Waals surface area contributed by atoms with Crippen molar-refractivity contribution in [3.05, 3.63) is 95.1 Å². The fraction of sp³-hybridized carbons (Fsp3) is 0. The summed E-state index contributed by atoms with van der Waals surface area (Å²) in [6, 6.07) is 20.7. The second kappa shape index (κ2) is 7.50. The average molecular weight is 428 g/mol. The number of benzene rings is 3. The van der Waals surface area contributed by atoms with E-state index in [2.05, 4.69) is 0 Å². The van der Waals surface area contributed by atoms with Gasteiger partial charge in [-0.3, -0.25) is 14.6 Å². The molecule has 1 heterocycles. The summed E-state index contributed by atoms with van der Waals surface area (Å²) in [5.41, 5.74) is 2.04. The maximum absolute atomic E-state index is 13.1. The van der Waals surface area contributed by atoms with Crippen molar-refractivity contribution in [2.75, 3.05) is 0 Å². The third-order valence-electron chi connectivity index (χ3n) is 4.39. The van der Waals surface area contributed by atoms with Crippen LogP contribution in [0.2, 0.25) is 5.02 Å². The Morgan fingerprint density at radius 2 is 1.66 bits per heavy atom. The largest absolute Gasteiger partial charge is 0.524 e. The van der Waals surface area contributed by atoms with Gasteiger partial charge in [-0.05, 0) is 30.3 Å². The van der Waals surface area contributed by atoms with E-state index in [1.54, 1.807) is 71.3 Å². The van der Waals surface area contributed by atoms with E-state index >= 15 is 0 Å². The molecule has 0 atom stereocenters. The van der Waals surface area contributed by atoms with E-state index in [1.807, 2.05) is 6.07 Å². The number of nitrogens with zero attached hydrogens (tertiary/aromatic N) is 1. The molecular formula is C21H15ClNO5P. The second-order valence-electron chi connectivity index (χ2n) is 6.32. The molecule has 2 N–H and O–H groups in total. The molecule has 0 spiro atoms. The summed E-state index contributed by atoms with van der Waals surface area (Å²) in [4.78, 5) is 31.6. The summed E-state index contributed by atoms with van der Waals surface area (Å²) >= 11 is 6.14. The number of ketones is 1. The summed E-state index contributed by atoms with van der Waals surface area (Å²) in [5.74, 6) is -0.186. The first-order valence-corrected chi connectivity index (χ1v) is 10.5. The number of fused-ring (bicyclic) bond motifs is 1. The van der Waals surface area contributed by atoms with Crippen molar-refractivity contribution in [1.82, 2.24) is 4.57 Å². The molecule has 29 heavy (non-hydrogen) atoms. The molecule has 4 rings (SSSR count). The predicted octanol–water partition coefficient (Wildman–Crippen LogP) is 4.99. The highest BCUT2D eigenvalue weighted by Crippen LogP contribution is 2.43. The van der Waals surface area contributed by atoms with Gasteiger partial charge in [-0.25, -0.2) is 4.57 Å². The second-order valence-corrected chi connectivity index (χ2v) is 7.92. The summed E-state index contributed by atoms with van der Waals surface area (Å²) in [6.45, 7) is 0. The number of carbonyl (C=O) groups excluding carboxylic acids is 1. The molecule has 0 fully saturated rings. The topological polar surface area (TPSA) is 88.8 Å². The van der Waals surface area contributed by atoms with Gasteiger partial charge in [0.05, 0.1) is 17.4 Å². The van der Waals surface area contributed by atoms with Gasteiger partial charge in [0, 0.05) is 21.5 Å². The summed E-state index contributed by atoms with van der Waals surface area (Å²) in [6.07, 6.45) is 1.44. The van der Waals surface area contributed by atoms with Gasteiger partial charge >= 0.3 is 7.82 Å². The Balaban J connectivity index is 1.93. The lowest BCUT2D eigenvalue weighted by Gasteiger charge is -2.11. The molecule has 0 aliphatic carbocycles. The molecule has 1 aromatic heterocycles. The Kier molecular flexibility index (Phi) is 5.03. The van der Waals surface area contributed by atoms with Gasteiger partial charge in [-0.2, -0.15) is 0 Å². The normalized spacial score (nSPS) is 11.6. The SMILES string of the molecule is O=C(c1ccccc1)c1ccccc1-n1cc(OP(=O)(O)O)c2ccc(Cl)cc21. The maximum Gasteiger partial charge on any atom is 0.524 e. The fourth-order valence-corrected chi connectivity index (χ4v) is 3.76. The van der Waals surface area contributed by atoms with Gasteiger partial charge < -0.3 is 9.09 Å². The van der Waals surface area contributed by atoms with E-state index in [0.717, 1.165) is 0 Å². The van der Waals surface area contributed by atoms with Gasteiger partial charge in [0.1, 0.15) is 0 Å². The Labute approximate surface area is 171 Å². The van der Waals surface area contributed by atoms with E-state index in [-0.39, 0.29) is 11.5 Å².